The van der Waals surface area contributed by atoms with E-state index in [1.165, 1.54) is 5.56 Å². The summed E-state index contributed by atoms with van der Waals surface area (Å²) in [7, 11) is 0. The summed E-state index contributed by atoms with van der Waals surface area (Å²) >= 11 is 0. The van der Waals surface area contributed by atoms with E-state index in [2.05, 4.69) is 34.6 Å². The van der Waals surface area contributed by atoms with Gasteiger partial charge >= 0.3 is 0 Å². The van der Waals surface area contributed by atoms with Gasteiger partial charge in [-0.05, 0) is 49.2 Å². The van der Waals surface area contributed by atoms with Crippen molar-refractivity contribution in [3.63, 3.8) is 0 Å². The van der Waals surface area contributed by atoms with E-state index in [9.17, 15) is 0 Å². The number of nitrogens with two attached hydrogens (primary N) is 1. The number of likely N-dealkylation sites (tertiary alicyclic amines) is 1. The first kappa shape index (κ1) is 17.8. The SMILES string of the molecule is N=C(NN)C1CCN(Cc2ccc(C3COc4ccccc4O3)cc2)CC1. The largest absolute Gasteiger partial charge is 0.485 e. The van der Waals surface area contributed by atoms with E-state index in [4.69, 9.17) is 20.7 Å². The molecule has 142 valence electrons. The lowest BCUT2D eigenvalue weighted by molar-refractivity contribution is 0.0912. The molecule has 1 fully saturated rings. The van der Waals surface area contributed by atoms with Gasteiger partial charge in [0.25, 0.3) is 0 Å². The van der Waals surface area contributed by atoms with Crippen molar-refractivity contribution in [1.82, 2.24) is 10.3 Å². The molecule has 2 aliphatic rings. The number of para-hydroxylation sites is 2. The molecule has 1 saturated heterocycles. The highest BCUT2D eigenvalue weighted by molar-refractivity contribution is 5.80. The fourth-order valence-electron chi connectivity index (χ4n) is 3.78. The molecule has 4 N–H and O–H groups in total. The van der Waals surface area contributed by atoms with Crippen LogP contribution in [0.25, 0.3) is 0 Å². The van der Waals surface area contributed by atoms with Crippen molar-refractivity contribution in [3.05, 3.63) is 59.7 Å². The van der Waals surface area contributed by atoms with Gasteiger partial charge in [-0.3, -0.25) is 10.3 Å². The van der Waals surface area contributed by atoms with Gasteiger partial charge in [0.1, 0.15) is 12.4 Å². The third kappa shape index (κ3) is 4.07. The quantitative estimate of drug-likeness (QED) is 0.335. The number of hydrazine groups is 1. The number of hydrogen-bond donors (Lipinski definition) is 3. The van der Waals surface area contributed by atoms with Crippen LogP contribution in [0.4, 0.5) is 0 Å². The minimum Gasteiger partial charge on any atom is -0.485 e. The number of hydrogen-bond acceptors (Lipinski definition) is 5. The Morgan fingerprint density at radius 1 is 1.07 bits per heavy atom. The van der Waals surface area contributed by atoms with Gasteiger partial charge in [-0.15, -0.1) is 0 Å². The third-order valence-corrected chi connectivity index (χ3v) is 5.42. The Bertz CT molecular complexity index is 785. The first-order valence-corrected chi connectivity index (χ1v) is 9.47. The molecule has 1 atom stereocenters. The number of piperidine rings is 1. The third-order valence-electron chi connectivity index (χ3n) is 5.42. The van der Waals surface area contributed by atoms with Crippen LogP contribution in [-0.2, 0) is 6.54 Å². The van der Waals surface area contributed by atoms with E-state index in [1.54, 1.807) is 0 Å². The van der Waals surface area contributed by atoms with Gasteiger partial charge in [-0.25, -0.2) is 5.84 Å². The molecule has 0 amide bonds. The lowest BCUT2D eigenvalue weighted by Crippen LogP contribution is -2.42. The van der Waals surface area contributed by atoms with E-state index in [0.717, 1.165) is 49.5 Å². The van der Waals surface area contributed by atoms with E-state index < -0.39 is 0 Å². The van der Waals surface area contributed by atoms with E-state index in [0.29, 0.717) is 12.4 Å². The molecule has 0 aliphatic carbocycles. The van der Waals surface area contributed by atoms with E-state index in [1.807, 2.05) is 24.3 Å². The Labute approximate surface area is 159 Å². The summed E-state index contributed by atoms with van der Waals surface area (Å²) in [6, 6.07) is 16.4. The molecule has 2 aromatic carbocycles. The van der Waals surface area contributed by atoms with Gasteiger partial charge < -0.3 is 14.9 Å². The van der Waals surface area contributed by atoms with Gasteiger partial charge in [0.15, 0.2) is 17.6 Å². The van der Waals surface area contributed by atoms with Crippen molar-refractivity contribution in [2.24, 2.45) is 11.8 Å². The number of ether oxygens (including phenoxy) is 2. The van der Waals surface area contributed by atoms with Crippen LogP contribution in [0.2, 0.25) is 0 Å². The highest BCUT2D eigenvalue weighted by Crippen LogP contribution is 2.35. The zero-order valence-electron chi connectivity index (χ0n) is 15.4. The Morgan fingerprint density at radius 3 is 2.48 bits per heavy atom. The maximum Gasteiger partial charge on any atom is 0.162 e. The fourth-order valence-corrected chi connectivity index (χ4v) is 3.78. The maximum atomic E-state index is 7.81. The molecule has 0 saturated carbocycles. The Morgan fingerprint density at radius 2 is 1.78 bits per heavy atom. The van der Waals surface area contributed by atoms with Crippen molar-refractivity contribution in [2.45, 2.75) is 25.5 Å². The Kier molecular flexibility index (Phi) is 5.27. The summed E-state index contributed by atoms with van der Waals surface area (Å²) in [4.78, 5) is 2.44. The fraction of sp³-hybridized carbons (Fsp3) is 0.381. The topological polar surface area (TPSA) is 83.6 Å². The summed E-state index contributed by atoms with van der Waals surface area (Å²) in [6.45, 7) is 3.45. The lowest BCUT2D eigenvalue weighted by atomic mass is 9.95. The van der Waals surface area contributed by atoms with Crippen molar-refractivity contribution in [2.75, 3.05) is 19.7 Å². The van der Waals surface area contributed by atoms with Crippen molar-refractivity contribution in [3.8, 4) is 11.5 Å². The average Bonchev–Trinajstić information content (AvgIpc) is 2.74. The molecule has 4 rings (SSSR count). The van der Waals surface area contributed by atoms with Gasteiger partial charge in [0, 0.05) is 12.5 Å². The zero-order chi connectivity index (χ0) is 18.6. The minimum atomic E-state index is -0.0699. The second-order valence-corrected chi connectivity index (χ2v) is 7.21. The van der Waals surface area contributed by atoms with Crippen LogP contribution in [0.3, 0.4) is 0 Å². The summed E-state index contributed by atoms with van der Waals surface area (Å²) in [5.41, 5.74) is 4.91. The Balaban J connectivity index is 1.33. The molecule has 0 radical (unpaired) electrons. The molecule has 2 aliphatic heterocycles. The number of amidine groups is 1. The Hall–Kier alpha value is -2.57. The van der Waals surface area contributed by atoms with Crippen molar-refractivity contribution < 1.29 is 9.47 Å². The number of rotatable bonds is 4. The molecule has 2 aromatic rings. The van der Waals surface area contributed by atoms with Crippen molar-refractivity contribution in [1.29, 1.82) is 5.41 Å². The van der Waals surface area contributed by atoms with Crippen LogP contribution < -0.4 is 20.7 Å². The second-order valence-electron chi connectivity index (χ2n) is 7.21. The molecule has 0 aromatic heterocycles. The number of fused-ring (bicyclic) bond motifs is 1. The number of benzene rings is 2. The molecule has 27 heavy (non-hydrogen) atoms. The molecular weight excluding hydrogens is 340 g/mol. The summed E-state index contributed by atoms with van der Waals surface area (Å²) in [6.07, 6.45) is 1.89. The summed E-state index contributed by atoms with van der Waals surface area (Å²) in [5.74, 6) is 7.69. The maximum absolute atomic E-state index is 7.81. The highest BCUT2D eigenvalue weighted by Gasteiger charge is 2.24. The molecule has 0 spiro atoms. The molecule has 6 nitrogen and oxygen atoms in total. The molecule has 2 heterocycles. The zero-order valence-corrected chi connectivity index (χ0v) is 15.4. The summed E-state index contributed by atoms with van der Waals surface area (Å²) in [5, 5.41) is 7.81. The molecule has 0 bridgehead atoms. The average molecular weight is 366 g/mol. The van der Waals surface area contributed by atoms with Crippen LogP contribution in [0.1, 0.15) is 30.1 Å². The first-order chi connectivity index (χ1) is 13.2. The monoisotopic (exact) mass is 366 g/mol. The predicted molar refractivity (Wildman–Crippen MR) is 105 cm³/mol. The van der Waals surface area contributed by atoms with E-state index >= 15 is 0 Å². The molecule has 6 heteroatoms. The van der Waals surface area contributed by atoms with Crippen LogP contribution in [0, 0.1) is 11.3 Å². The van der Waals surface area contributed by atoms with Gasteiger partial charge in [0.05, 0.1) is 0 Å². The molecular formula is C21H26N4O2. The molecule has 1 unspecified atom stereocenters. The van der Waals surface area contributed by atoms with Crippen LogP contribution >= 0.6 is 0 Å². The smallest absolute Gasteiger partial charge is 0.162 e. The van der Waals surface area contributed by atoms with Gasteiger partial charge in [-0.1, -0.05) is 36.4 Å². The number of nitrogens with zero attached hydrogens (tertiary/aromatic N) is 1. The second kappa shape index (κ2) is 7.98. The minimum absolute atomic E-state index is 0.0699. The van der Waals surface area contributed by atoms with Crippen molar-refractivity contribution >= 4 is 5.84 Å². The number of nitrogens with one attached hydrogen (secondary N) is 2. The van der Waals surface area contributed by atoms with E-state index in [-0.39, 0.29) is 12.0 Å². The summed E-state index contributed by atoms with van der Waals surface area (Å²) < 4.78 is 11.9. The van der Waals surface area contributed by atoms with Crippen LogP contribution in [0.5, 0.6) is 11.5 Å². The van der Waals surface area contributed by atoms with Crippen LogP contribution in [-0.4, -0.2) is 30.4 Å². The van der Waals surface area contributed by atoms with Gasteiger partial charge in [-0.2, -0.15) is 0 Å². The predicted octanol–water partition coefficient (Wildman–Crippen LogP) is 2.85. The highest BCUT2D eigenvalue weighted by atomic mass is 16.6. The first-order valence-electron chi connectivity index (χ1n) is 9.47. The normalized spacial score (nSPS) is 20.3. The standard InChI is InChI=1S/C21H26N4O2/c22-21(24-23)17-9-11-25(12-10-17)13-15-5-7-16(8-6-15)20-14-26-18-3-1-2-4-19(18)27-20/h1-8,17,20H,9-14,23H2,(H2,22,24). The van der Waals surface area contributed by atoms with Crippen LogP contribution in [0.15, 0.2) is 48.5 Å². The van der Waals surface area contributed by atoms with Gasteiger partial charge in [0.2, 0.25) is 0 Å². The lowest BCUT2D eigenvalue weighted by Gasteiger charge is -2.32.